The number of hydrogen-bond donors (Lipinski definition) is 1. The van der Waals surface area contributed by atoms with Crippen molar-refractivity contribution in [1.82, 2.24) is 5.43 Å². The van der Waals surface area contributed by atoms with Gasteiger partial charge in [0.15, 0.2) is 11.5 Å². The third-order valence-electron chi connectivity index (χ3n) is 4.28. The summed E-state index contributed by atoms with van der Waals surface area (Å²) in [4.78, 5) is 12.2. The molecule has 33 heavy (non-hydrogen) atoms. The molecule has 3 aromatic carbocycles. The van der Waals surface area contributed by atoms with Crippen molar-refractivity contribution in [3.63, 3.8) is 0 Å². The van der Waals surface area contributed by atoms with Gasteiger partial charge in [0, 0.05) is 10.0 Å². The Morgan fingerprint density at radius 2 is 1.82 bits per heavy atom. The van der Waals surface area contributed by atoms with Gasteiger partial charge in [-0.15, -0.1) is 0 Å². The van der Waals surface area contributed by atoms with Crippen LogP contribution in [0.25, 0.3) is 0 Å². The van der Waals surface area contributed by atoms with Gasteiger partial charge < -0.3 is 13.7 Å². The highest BCUT2D eigenvalue weighted by Crippen LogP contribution is 2.31. The van der Waals surface area contributed by atoms with E-state index < -0.39 is 10.1 Å². The summed E-state index contributed by atoms with van der Waals surface area (Å²) in [7, 11) is -2.59. The molecule has 3 rings (SSSR count). The molecule has 1 amide bonds. The van der Waals surface area contributed by atoms with Crippen LogP contribution in [-0.4, -0.2) is 34.3 Å². The molecule has 0 fully saturated rings. The van der Waals surface area contributed by atoms with Gasteiger partial charge in [-0.3, -0.25) is 4.79 Å². The zero-order valence-electron chi connectivity index (χ0n) is 17.8. The predicted octanol–water partition coefficient (Wildman–Crippen LogP) is 4.39. The van der Waals surface area contributed by atoms with Crippen molar-refractivity contribution < 1.29 is 26.9 Å². The molecule has 10 heteroatoms. The molecule has 8 nitrogen and oxygen atoms in total. The molecule has 3 aromatic rings. The first kappa shape index (κ1) is 24.3. The zero-order chi connectivity index (χ0) is 23.8. The van der Waals surface area contributed by atoms with Gasteiger partial charge in [-0.1, -0.05) is 22.0 Å². The first-order valence-electron chi connectivity index (χ1n) is 9.76. The number of nitrogens with one attached hydrogen (secondary N) is 1. The van der Waals surface area contributed by atoms with Crippen molar-refractivity contribution in [2.24, 2.45) is 5.10 Å². The van der Waals surface area contributed by atoms with Crippen molar-refractivity contribution in [2.75, 3.05) is 13.7 Å². The summed E-state index contributed by atoms with van der Waals surface area (Å²) in [6, 6.07) is 17.4. The summed E-state index contributed by atoms with van der Waals surface area (Å²) < 4.78 is 42.0. The van der Waals surface area contributed by atoms with Crippen LogP contribution in [0, 0.1) is 0 Å². The summed E-state index contributed by atoms with van der Waals surface area (Å²) >= 11 is 3.31. The lowest BCUT2D eigenvalue weighted by Crippen LogP contribution is -2.17. The number of carbonyl (C=O) groups is 1. The van der Waals surface area contributed by atoms with Crippen LogP contribution in [0.1, 0.15) is 22.8 Å². The zero-order valence-corrected chi connectivity index (χ0v) is 20.2. The minimum atomic E-state index is -4.08. The van der Waals surface area contributed by atoms with Gasteiger partial charge in [0.05, 0.1) is 19.9 Å². The van der Waals surface area contributed by atoms with E-state index in [1.54, 1.807) is 37.3 Å². The Morgan fingerprint density at radius 1 is 1.06 bits per heavy atom. The molecule has 0 spiro atoms. The maximum Gasteiger partial charge on any atom is 0.339 e. The van der Waals surface area contributed by atoms with E-state index >= 15 is 0 Å². The second-order valence-corrected chi connectivity index (χ2v) is 9.02. The summed E-state index contributed by atoms with van der Waals surface area (Å²) in [5.41, 5.74) is 3.46. The Bertz CT molecular complexity index is 1260. The number of hydrazone groups is 1. The number of ether oxygens (including phenoxy) is 2. The van der Waals surface area contributed by atoms with Gasteiger partial charge in [0.2, 0.25) is 0 Å². The molecule has 0 unspecified atom stereocenters. The minimum Gasteiger partial charge on any atom is -0.497 e. The lowest BCUT2D eigenvalue weighted by Gasteiger charge is -2.12. The molecular weight excluding hydrogens is 512 g/mol. The highest BCUT2D eigenvalue weighted by atomic mass is 79.9. The van der Waals surface area contributed by atoms with E-state index in [9.17, 15) is 13.2 Å². The first-order valence-corrected chi connectivity index (χ1v) is 12.0. The highest BCUT2D eigenvalue weighted by Gasteiger charge is 2.19. The van der Waals surface area contributed by atoms with Crippen molar-refractivity contribution in [3.05, 3.63) is 82.3 Å². The van der Waals surface area contributed by atoms with Crippen LogP contribution in [0.3, 0.4) is 0 Å². The fourth-order valence-electron chi connectivity index (χ4n) is 2.71. The fourth-order valence-corrected chi connectivity index (χ4v) is 4.05. The fraction of sp³-hybridized carbons (Fsp3) is 0.130. The number of carbonyl (C=O) groups excluding carboxylic acids is 1. The van der Waals surface area contributed by atoms with Crippen molar-refractivity contribution in [1.29, 1.82) is 0 Å². The molecule has 0 aromatic heterocycles. The van der Waals surface area contributed by atoms with Gasteiger partial charge in [0.1, 0.15) is 10.6 Å². The molecule has 0 aliphatic carbocycles. The van der Waals surface area contributed by atoms with E-state index in [0.717, 1.165) is 4.47 Å². The predicted molar refractivity (Wildman–Crippen MR) is 128 cm³/mol. The van der Waals surface area contributed by atoms with Gasteiger partial charge in [-0.25, -0.2) is 5.43 Å². The standard InChI is InChI=1S/C23H21BrN2O6S/c1-3-31-22-13-16(15-25-26-23(27)17-5-4-6-18(24)14-17)7-12-21(22)32-33(28,29)20-10-8-19(30-2)9-11-20/h4-15H,3H2,1-2H3,(H,26,27)/b25-15-. The number of halogens is 1. The van der Waals surface area contributed by atoms with E-state index in [0.29, 0.717) is 23.5 Å². The summed E-state index contributed by atoms with van der Waals surface area (Å²) in [6.45, 7) is 2.06. The molecular formula is C23H21BrN2O6S. The quantitative estimate of drug-likeness (QED) is 0.249. The Hall–Kier alpha value is -3.37. The molecule has 0 aliphatic rings. The maximum absolute atomic E-state index is 12.7. The van der Waals surface area contributed by atoms with Crippen LogP contribution in [0.15, 0.2) is 81.2 Å². The number of amides is 1. The van der Waals surface area contributed by atoms with Gasteiger partial charge in [0.25, 0.3) is 5.91 Å². The SMILES string of the molecule is CCOc1cc(/C=N\NC(=O)c2cccc(Br)c2)ccc1OS(=O)(=O)c1ccc(OC)cc1. The smallest absolute Gasteiger partial charge is 0.339 e. The molecule has 0 atom stereocenters. The Morgan fingerprint density at radius 3 is 2.48 bits per heavy atom. The average molecular weight is 533 g/mol. The van der Waals surface area contributed by atoms with E-state index in [-0.39, 0.29) is 22.3 Å². The Kier molecular flexibility index (Phi) is 8.07. The third kappa shape index (κ3) is 6.56. The van der Waals surface area contributed by atoms with Crippen LogP contribution < -0.4 is 19.1 Å². The number of rotatable bonds is 9. The van der Waals surface area contributed by atoms with Crippen LogP contribution in [0.2, 0.25) is 0 Å². The van der Waals surface area contributed by atoms with Crippen molar-refractivity contribution in [2.45, 2.75) is 11.8 Å². The largest absolute Gasteiger partial charge is 0.497 e. The van der Waals surface area contributed by atoms with Crippen LogP contribution in [0.5, 0.6) is 17.2 Å². The van der Waals surface area contributed by atoms with Gasteiger partial charge in [-0.2, -0.15) is 13.5 Å². The molecule has 1 N–H and O–H groups in total. The summed E-state index contributed by atoms with van der Waals surface area (Å²) in [6.07, 6.45) is 1.42. The number of benzene rings is 3. The van der Waals surface area contributed by atoms with Crippen molar-refractivity contribution >= 4 is 38.2 Å². The molecule has 0 aliphatic heterocycles. The second kappa shape index (κ2) is 11.0. The van der Waals surface area contributed by atoms with Crippen LogP contribution in [-0.2, 0) is 10.1 Å². The molecule has 0 saturated heterocycles. The van der Waals surface area contributed by atoms with Gasteiger partial charge in [-0.05, 0) is 73.2 Å². The van der Waals surface area contributed by atoms with Crippen LogP contribution >= 0.6 is 15.9 Å². The number of hydrogen-bond acceptors (Lipinski definition) is 7. The number of methoxy groups -OCH3 is 1. The van der Waals surface area contributed by atoms with Crippen LogP contribution in [0.4, 0.5) is 0 Å². The lowest BCUT2D eigenvalue weighted by molar-refractivity contribution is 0.0955. The number of nitrogens with zero attached hydrogens (tertiary/aromatic N) is 1. The molecule has 172 valence electrons. The normalized spacial score (nSPS) is 11.2. The highest BCUT2D eigenvalue weighted by molar-refractivity contribution is 9.10. The molecule has 0 radical (unpaired) electrons. The summed E-state index contributed by atoms with van der Waals surface area (Å²) in [5.74, 6) is 0.405. The maximum atomic E-state index is 12.7. The summed E-state index contributed by atoms with van der Waals surface area (Å²) in [5, 5.41) is 3.95. The first-order chi connectivity index (χ1) is 15.8. The Balaban J connectivity index is 1.75. The van der Waals surface area contributed by atoms with Gasteiger partial charge >= 0.3 is 10.1 Å². The molecule has 0 bridgehead atoms. The second-order valence-electron chi connectivity index (χ2n) is 6.56. The monoisotopic (exact) mass is 532 g/mol. The van der Waals surface area contributed by atoms with E-state index in [1.165, 1.54) is 43.7 Å². The lowest BCUT2D eigenvalue weighted by atomic mass is 10.2. The minimum absolute atomic E-state index is 0.0216. The Labute approximate surface area is 200 Å². The van der Waals surface area contributed by atoms with E-state index in [1.807, 2.05) is 6.07 Å². The average Bonchev–Trinajstić information content (AvgIpc) is 2.80. The van der Waals surface area contributed by atoms with E-state index in [2.05, 4.69) is 26.5 Å². The van der Waals surface area contributed by atoms with E-state index in [4.69, 9.17) is 13.7 Å². The molecule has 0 heterocycles. The topological polar surface area (TPSA) is 103 Å². The van der Waals surface area contributed by atoms with Crippen molar-refractivity contribution in [3.8, 4) is 17.2 Å². The third-order valence-corrected chi connectivity index (χ3v) is 6.02. The molecule has 0 saturated carbocycles.